The second kappa shape index (κ2) is 8.88. The molecule has 0 aromatic heterocycles. The highest BCUT2D eigenvalue weighted by molar-refractivity contribution is 7.80. The van der Waals surface area contributed by atoms with Gasteiger partial charge in [0, 0.05) is 16.0 Å². The lowest BCUT2D eigenvalue weighted by molar-refractivity contribution is 0.130. The molecule has 0 fully saturated rings. The van der Waals surface area contributed by atoms with Gasteiger partial charge in [-0.25, -0.2) is 0 Å². The number of hydrogen-bond donors (Lipinski definition) is 1. The molecular formula is C27H32O3S. The van der Waals surface area contributed by atoms with Crippen LogP contribution in [-0.2, 0) is 0 Å². The molecule has 0 heterocycles. The number of benzene rings is 3. The summed E-state index contributed by atoms with van der Waals surface area (Å²) in [6.45, 7) is 12.2. The Bertz CT molecular complexity index is 1020. The molecule has 0 atom stereocenters. The van der Waals surface area contributed by atoms with E-state index in [1.165, 1.54) is 0 Å². The Labute approximate surface area is 191 Å². The van der Waals surface area contributed by atoms with Crippen molar-refractivity contribution in [3.05, 3.63) is 60.7 Å². The van der Waals surface area contributed by atoms with Gasteiger partial charge in [-0.1, -0.05) is 24.3 Å². The molecule has 3 nitrogen and oxygen atoms in total. The molecule has 0 aliphatic heterocycles. The molecule has 4 heteroatoms. The Morgan fingerprint density at radius 3 is 1.39 bits per heavy atom. The van der Waals surface area contributed by atoms with Crippen LogP contribution in [0.1, 0.15) is 41.5 Å². The normalized spacial score (nSPS) is 11.9. The van der Waals surface area contributed by atoms with Gasteiger partial charge in [0.15, 0.2) is 0 Å². The molecule has 0 bridgehead atoms. The number of hydrogen-bond acceptors (Lipinski definition) is 4. The fourth-order valence-electron chi connectivity index (χ4n) is 3.41. The lowest BCUT2D eigenvalue weighted by atomic mass is 9.93. The first-order valence-corrected chi connectivity index (χ1v) is 10.9. The summed E-state index contributed by atoms with van der Waals surface area (Å²) in [6, 6.07) is 20.2. The van der Waals surface area contributed by atoms with E-state index in [2.05, 4.69) is 24.3 Å². The van der Waals surface area contributed by atoms with E-state index in [0.29, 0.717) is 0 Å². The van der Waals surface area contributed by atoms with E-state index < -0.39 is 0 Å². The van der Waals surface area contributed by atoms with Crippen molar-refractivity contribution in [2.75, 3.05) is 7.11 Å². The van der Waals surface area contributed by atoms with Gasteiger partial charge in [0.2, 0.25) is 0 Å². The third-order valence-electron chi connectivity index (χ3n) is 4.50. The summed E-state index contributed by atoms with van der Waals surface area (Å²) in [6.07, 6.45) is 0. The summed E-state index contributed by atoms with van der Waals surface area (Å²) in [5, 5.41) is 0. The minimum absolute atomic E-state index is 0.242. The van der Waals surface area contributed by atoms with Gasteiger partial charge >= 0.3 is 0 Å². The van der Waals surface area contributed by atoms with Crippen LogP contribution in [0.2, 0.25) is 0 Å². The van der Waals surface area contributed by atoms with Crippen molar-refractivity contribution in [3.63, 3.8) is 0 Å². The average Bonchev–Trinajstić information content (AvgIpc) is 2.67. The lowest BCUT2D eigenvalue weighted by Crippen LogP contribution is -2.22. The zero-order valence-electron chi connectivity index (χ0n) is 19.4. The number of methoxy groups -OCH3 is 1. The Kier molecular flexibility index (Phi) is 6.61. The van der Waals surface area contributed by atoms with Crippen molar-refractivity contribution in [2.45, 2.75) is 57.6 Å². The fourth-order valence-corrected chi connectivity index (χ4v) is 3.72. The summed E-state index contributed by atoms with van der Waals surface area (Å²) in [7, 11) is 1.69. The van der Waals surface area contributed by atoms with Crippen LogP contribution in [0.15, 0.2) is 65.6 Å². The zero-order valence-corrected chi connectivity index (χ0v) is 20.3. The van der Waals surface area contributed by atoms with Crippen LogP contribution in [-0.4, -0.2) is 18.3 Å². The van der Waals surface area contributed by atoms with Crippen LogP contribution >= 0.6 is 12.6 Å². The van der Waals surface area contributed by atoms with Crippen molar-refractivity contribution < 1.29 is 14.2 Å². The maximum absolute atomic E-state index is 5.98. The van der Waals surface area contributed by atoms with Gasteiger partial charge in [0.05, 0.1) is 7.11 Å². The molecule has 0 unspecified atom stereocenters. The SMILES string of the molecule is COc1ccc(S)c(-c2ccc(OC(C)(C)C)cc2)c1-c1ccc(OC(C)(C)C)cc1. The highest BCUT2D eigenvalue weighted by atomic mass is 32.1. The predicted octanol–water partition coefficient (Wildman–Crippen LogP) is 7.67. The van der Waals surface area contributed by atoms with Crippen LogP contribution in [0.3, 0.4) is 0 Å². The average molecular weight is 437 g/mol. The van der Waals surface area contributed by atoms with Gasteiger partial charge in [0.25, 0.3) is 0 Å². The molecule has 0 N–H and O–H groups in total. The monoisotopic (exact) mass is 436 g/mol. The largest absolute Gasteiger partial charge is 0.496 e. The highest BCUT2D eigenvalue weighted by Crippen LogP contribution is 2.43. The second-order valence-electron chi connectivity index (χ2n) is 9.51. The Hall–Kier alpha value is -2.59. The van der Waals surface area contributed by atoms with Crippen LogP contribution in [0.4, 0.5) is 0 Å². The maximum atomic E-state index is 5.98. The Balaban J connectivity index is 2.06. The van der Waals surface area contributed by atoms with E-state index in [1.54, 1.807) is 7.11 Å². The topological polar surface area (TPSA) is 27.7 Å². The lowest BCUT2D eigenvalue weighted by Gasteiger charge is -2.22. The third-order valence-corrected chi connectivity index (χ3v) is 4.87. The molecule has 0 spiro atoms. The van der Waals surface area contributed by atoms with Gasteiger partial charge in [-0.15, -0.1) is 12.6 Å². The summed E-state index contributed by atoms with van der Waals surface area (Å²) in [5.41, 5.74) is 3.63. The summed E-state index contributed by atoms with van der Waals surface area (Å²) < 4.78 is 17.7. The minimum Gasteiger partial charge on any atom is -0.496 e. The quantitative estimate of drug-likeness (QED) is 0.416. The van der Waals surface area contributed by atoms with Crippen LogP contribution in [0.25, 0.3) is 22.3 Å². The predicted molar refractivity (Wildman–Crippen MR) is 132 cm³/mol. The summed E-state index contributed by atoms with van der Waals surface area (Å²) in [5.74, 6) is 2.47. The molecule has 0 amide bonds. The smallest absolute Gasteiger partial charge is 0.127 e. The van der Waals surface area contributed by atoms with E-state index in [1.807, 2.05) is 77.9 Å². The molecule has 0 aliphatic carbocycles. The molecule has 0 saturated heterocycles. The van der Waals surface area contributed by atoms with Crippen molar-refractivity contribution in [3.8, 4) is 39.5 Å². The number of ether oxygens (including phenoxy) is 3. The zero-order chi connectivity index (χ0) is 22.8. The molecule has 0 aliphatic rings. The maximum Gasteiger partial charge on any atom is 0.127 e. The second-order valence-corrected chi connectivity index (χ2v) is 10.00. The summed E-state index contributed by atoms with van der Waals surface area (Å²) in [4.78, 5) is 0.885. The van der Waals surface area contributed by atoms with Gasteiger partial charge in [-0.3, -0.25) is 0 Å². The van der Waals surface area contributed by atoms with Crippen molar-refractivity contribution >= 4 is 12.6 Å². The molecular weight excluding hydrogens is 404 g/mol. The van der Waals surface area contributed by atoms with Gasteiger partial charge < -0.3 is 14.2 Å². The highest BCUT2D eigenvalue weighted by Gasteiger charge is 2.18. The first kappa shape index (κ1) is 23.1. The van der Waals surface area contributed by atoms with Crippen molar-refractivity contribution in [2.24, 2.45) is 0 Å². The molecule has 164 valence electrons. The van der Waals surface area contributed by atoms with Gasteiger partial charge in [-0.05, 0) is 89.1 Å². The fraction of sp³-hybridized carbons (Fsp3) is 0.333. The van der Waals surface area contributed by atoms with Crippen LogP contribution in [0.5, 0.6) is 17.2 Å². The molecule has 3 aromatic carbocycles. The Morgan fingerprint density at radius 2 is 1.00 bits per heavy atom. The van der Waals surface area contributed by atoms with E-state index in [-0.39, 0.29) is 11.2 Å². The standard InChI is InChI=1S/C27H32O3S/c1-26(2,3)29-20-12-8-18(9-13-20)24-22(28-7)16-17-23(31)25(24)19-10-14-21(15-11-19)30-27(4,5)6/h8-17,31H,1-7H3. The van der Waals surface area contributed by atoms with E-state index >= 15 is 0 Å². The van der Waals surface area contributed by atoms with E-state index in [9.17, 15) is 0 Å². The summed E-state index contributed by atoms with van der Waals surface area (Å²) >= 11 is 4.78. The van der Waals surface area contributed by atoms with E-state index in [0.717, 1.165) is 44.4 Å². The minimum atomic E-state index is -0.244. The molecule has 0 saturated carbocycles. The molecule has 3 aromatic rings. The third kappa shape index (κ3) is 5.98. The van der Waals surface area contributed by atoms with Crippen molar-refractivity contribution in [1.29, 1.82) is 0 Å². The van der Waals surface area contributed by atoms with Crippen LogP contribution in [0, 0.1) is 0 Å². The van der Waals surface area contributed by atoms with Gasteiger partial charge in [0.1, 0.15) is 28.5 Å². The van der Waals surface area contributed by atoms with Crippen LogP contribution < -0.4 is 14.2 Å². The Morgan fingerprint density at radius 1 is 0.581 bits per heavy atom. The molecule has 31 heavy (non-hydrogen) atoms. The first-order chi connectivity index (χ1) is 14.5. The first-order valence-electron chi connectivity index (χ1n) is 10.5. The molecule has 0 radical (unpaired) electrons. The van der Waals surface area contributed by atoms with E-state index in [4.69, 9.17) is 26.8 Å². The molecule has 3 rings (SSSR count). The van der Waals surface area contributed by atoms with Gasteiger partial charge in [-0.2, -0.15) is 0 Å². The van der Waals surface area contributed by atoms with Crippen molar-refractivity contribution in [1.82, 2.24) is 0 Å². The number of rotatable bonds is 5. The number of thiol groups is 1.